The predicted molar refractivity (Wildman–Crippen MR) is 107 cm³/mol. The topological polar surface area (TPSA) is 101 Å². The molecule has 3 aromatic rings. The molecule has 0 atom stereocenters. The Morgan fingerprint density at radius 2 is 2.00 bits per heavy atom. The number of carbonyl (C=O) groups is 2. The van der Waals surface area contributed by atoms with E-state index in [1.807, 2.05) is 38.1 Å². The molecule has 1 aromatic carbocycles. The van der Waals surface area contributed by atoms with Crippen molar-refractivity contribution < 1.29 is 18.5 Å². The van der Waals surface area contributed by atoms with Gasteiger partial charge in [0.1, 0.15) is 0 Å². The second-order valence-corrected chi connectivity index (χ2v) is 6.67. The summed E-state index contributed by atoms with van der Waals surface area (Å²) in [5.74, 6) is 0.848. The minimum atomic E-state index is -0.223. The number of carbonyl (C=O) groups excluding carboxylic acids is 2. The van der Waals surface area contributed by atoms with Gasteiger partial charge in [0.05, 0.1) is 12.8 Å². The highest BCUT2D eigenvalue weighted by Gasteiger charge is 2.19. The molecule has 1 N–H and O–H groups in total. The molecular formula is C21H24N4O4. The summed E-state index contributed by atoms with van der Waals surface area (Å²) in [6.07, 6.45) is 2.76. The number of anilines is 1. The van der Waals surface area contributed by atoms with E-state index >= 15 is 0 Å². The average Bonchev–Trinajstić information content (AvgIpc) is 3.39. The third-order valence-electron chi connectivity index (χ3n) is 4.36. The van der Waals surface area contributed by atoms with Gasteiger partial charge in [-0.3, -0.25) is 9.59 Å². The molecule has 0 radical (unpaired) electrons. The lowest BCUT2D eigenvalue weighted by atomic mass is 10.2. The number of amides is 2. The summed E-state index contributed by atoms with van der Waals surface area (Å²) in [5, 5.41) is 6.71. The lowest BCUT2D eigenvalue weighted by Crippen LogP contribution is -2.38. The Bertz CT molecular complexity index is 949. The molecule has 0 saturated heterocycles. The largest absolute Gasteiger partial charge is 0.461 e. The number of para-hydroxylation sites is 1. The normalized spacial score (nSPS) is 10.7. The number of benzene rings is 1. The quantitative estimate of drug-likeness (QED) is 0.594. The van der Waals surface area contributed by atoms with E-state index in [1.165, 1.54) is 6.26 Å². The van der Waals surface area contributed by atoms with Gasteiger partial charge in [0.15, 0.2) is 5.76 Å². The Kier molecular flexibility index (Phi) is 6.78. The van der Waals surface area contributed by atoms with Crippen molar-refractivity contribution in [2.24, 2.45) is 0 Å². The van der Waals surface area contributed by atoms with Crippen LogP contribution in [0.3, 0.4) is 0 Å². The van der Waals surface area contributed by atoms with Gasteiger partial charge < -0.3 is 19.2 Å². The summed E-state index contributed by atoms with van der Waals surface area (Å²) in [5.41, 5.74) is 1.72. The zero-order chi connectivity index (χ0) is 20.6. The van der Waals surface area contributed by atoms with Gasteiger partial charge in [-0.15, -0.1) is 0 Å². The van der Waals surface area contributed by atoms with Crippen LogP contribution in [-0.4, -0.2) is 39.9 Å². The van der Waals surface area contributed by atoms with Crippen molar-refractivity contribution in [2.45, 2.75) is 33.1 Å². The van der Waals surface area contributed by atoms with Crippen LogP contribution < -0.4 is 5.32 Å². The summed E-state index contributed by atoms with van der Waals surface area (Å²) in [4.78, 5) is 30.8. The summed E-state index contributed by atoms with van der Waals surface area (Å²) >= 11 is 0. The van der Waals surface area contributed by atoms with Crippen LogP contribution in [0.25, 0.3) is 11.6 Å². The summed E-state index contributed by atoms with van der Waals surface area (Å²) < 4.78 is 10.4. The maximum absolute atomic E-state index is 12.6. The number of aryl methyl sites for hydroxylation is 2. The second kappa shape index (κ2) is 9.68. The van der Waals surface area contributed by atoms with Gasteiger partial charge in [-0.25, -0.2) is 0 Å². The molecule has 8 heteroatoms. The molecule has 2 heterocycles. The maximum Gasteiger partial charge on any atom is 0.244 e. The van der Waals surface area contributed by atoms with Gasteiger partial charge in [-0.1, -0.05) is 30.3 Å². The third kappa shape index (κ3) is 5.54. The van der Waals surface area contributed by atoms with Crippen LogP contribution in [0.5, 0.6) is 0 Å². The second-order valence-electron chi connectivity index (χ2n) is 6.67. The summed E-state index contributed by atoms with van der Waals surface area (Å²) in [6, 6.07) is 11.0. The SMILES string of the molecule is CCCN(CC(=O)Nc1ccccc1C)C(=O)CCc1nc(-c2ccco2)no1. The minimum Gasteiger partial charge on any atom is -0.461 e. The zero-order valence-electron chi connectivity index (χ0n) is 16.6. The van der Waals surface area contributed by atoms with Crippen LogP contribution in [-0.2, 0) is 16.0 Å². The molecule has 8 nitrogen and oxygen atoms in total. The zero-order valence-corrected chi connectivity index (χ0v) is 16.6. The van der Waals surface area contributed by atoms with Crippen molar-refractivity contribution in [1.82, 2.24) is 15.0 Å². The molecule has 152 valence electrons. The average molecular weight is 396 g/mol. The third-order valence-corrected chi connectivity index (χ3v) is 4.36. The number of aromatic nitrogens is 2. The monoisotopic (exact) mass is 396 g/mol. The first kappa shape index (κ1) is 20.3. The van der Waals surface area contributed by atoms with E-state index in [1.54, 1.807) is 17.0 Å². The van der Waals surface area contributed by atoms with Crippen LogP contribution in [0.4, 0.5) is 5.69 Å². The molecule has 2 aromatic heterocycles. The number of hydrogen-bond donors (Lipinski definition) is 1. The molecule has 0 aliphatic rings. The van der Waals surface area contributed by atoms with E-state index in [0.29, 0.717) is 30.4 Å². The highest BCUT2D eigenvalue weighted by atomic mass is 16.5. The van der Waals surface area contributed by atoms with Crippen LogP contribution in [0.1, 0.15) is 31.2 Å². The standard InChI is InChI=1S/C21H24N4O4/c1-3-12-25(14-18(26)22-16-8-5-4-7-15(16)2)20(27)11-10-19-23-21(24-29-19)17-9-6-13-28-17/h4-9,13H,3,10-12,14H2,1-2H3,(H,22,26). The fourth-order valence-corrected chi connectivity index (χ4v) is 2.87. The van der Waals surface area contributed by atoms with Crippen molar-refractivity contribution in [2.75, 3.05) is 18.4 Å². The summed E-state index contributed by atoms with van der Waals surface area (Å²) in [6.45, 7) is 4.39. The van der Waals surface area contributed by atoms with Gasteiger partial charge in [-0.2, -0.15) is 4.98 Å². The van der Waals surface area contributed by atoms with E-state index in [-0.39, 0.29) is 24.8 Å². The van der Waals surface area contributed by atoms with Gasteiger partial charge in [0.2, 0.25) is 23.5 Å². The molecule has 0 aliphatic heterocycles. The van der Waals surface area contributed by atoms with Gasteiger partial charge in [-0.05, 0) is 37.1 Å². The number of hydrogen-bond acceptors (Lipinski definition) is 6. The Balaban J connectivity index is 1.55. The van der Waals surface area contributed by atoms with Crippen molar-refractivity contribution in [3.63, 3.8) is 0 Å². The Morgan fingerprint density at radius 1 is 1.17 bits per heavy atom. The fourth-order valence-electron chi connectivity index (χ4n) is 2.87. The predicted octanol–water partition coefficient (Wildman–Crippen LogP) is 3.45. The van der Waals surface area contributed by atoms with Gasteiger partial charge in [0, 0.05) is 25.1 Å². The fraction of sp³-hybridized carbons (Fsp3) is 0.333. The first-order chi connectivity index (χ1) is 14.1. The molecule has 0 bridgehead atoms. The van der Waals surface area contributed by atoms with Gasteiger partial charge in [0.25, 0.3) is 0 Å². The highest BCUT2D eigenvalue weighted by molar-refractivity contribution is 5.95. The first-order valence-electron chi connectivity index (χ1n) is 9.56. The highest BCUT2D eigenvalue weighted by Crippen LogP contribution is 2.17. The first-order valence-corrected chi connectivity index (χ1v) is 9.56. The molecule has 29 heavy (non-hydrogen) atoms. The number of rotatable bonds is 9. The molecule has 0 unspecified atom stereocenters. The molecule has 2 amide bonds. The van der Waals surface area contributed by atoms with Crippen LogP contribution in [0.15, 0.2) is 51.6 Å². The Morgan fingerprint density at radius 3 is 2.72 bits per heavy atom. The van der Waals surface area contributed by atoms with Crippen LogP contribution >= 0.6 is 0 Å². The van der Waals surface area contributed by atoms with Crippen molar-refractivity contribution in [1.29, 1.82) is 0 Å². The molecule has 0 fully saturated rings. The van der Waals surface area contributed by atoms with E-state index in [4.69, 9.17) is 8.94 Å². The number of furan rings is 1. The minimum absolute atomic E-state index is 0.00247. The van der Waals surface area contributed by atoms with Crippen molar-refractivity contribution >= 4 is 17.5 Å². The van der Waals surface area contributed by atoms with E-state index < -0.39 is 0 Å². The van der Waals surface area contributed by atoms with E-state index in [9.17, 15) is 9.59 Å². The number of nitrogens with zero attached hydrogens (tertiary/aromatic N) is 3. The number of nitrogens with one attached hydrogen (secondary N) is 1. The van der Waals surface area contributed by atoms with Gasteiger partial charge >= 0.3 is 0 Å². The summed E-state index contributed by atoms with van der Waals surface area (Å²) in [7, 11) is 0. The van der Waals surface area contributed by atoms with Crippen molar-refractivity contribution in [3.8, 4) is 11.6 Å². The van der Waals surface area contributed by atoms with Crippen LogP contribution in [0.2, 0.25) is 0 Å². The molecule has 0 saturated carbocycles. The van der Waals surface area contributed by atoms with Crippen molar-refractivity contribution in [3.05, 3.63) is 54.1 Å². The van der Waals surface area contributed by atoms with E-state index in [2.05, 4.69) is 15.5 Å². The Labute approximate surface area is 168 Å². The smallest absolute Gasteiger partial charge is 0.244 e. The molecule has 0 aliphatic carbocycles. The lowest BCUT2D eigenvalue weighted by molar-refractivity contribution is -0.134. The molecular weight excluding hydrogens is 372 g/mol. The molecule has 3 rings (SSSR count). The molecule has 0 spiro atoms. The Hall–Kier alpha value is -3.42. The van der Waals surface area contributed by atoms with Crippen LogP contribution in [0, 0.1) is 6.92 Å². The lowest BCUT2D eigenvalue weighted by Gasteiger charge is -2.21. The van der Waals surface area contributed by atoms with E-state index in [0.717, 1.165) is 17.7 Å². The maximum atomic E-state index is 12.6.